The average Bonchev–Trinajstić information content (AvgIpc) is 2.66. The average molecular weight is 310 g/mol. The molecule has 0 aliphatic heterocycles. The molecule has 0 aliphatic carbocycles. The van der Waals surface area contributed by atoms with Crippen LogP contribution >= 0.6 is 15.9 Å². The fourth-order valence-electron chi connectivity index (χ4n) is 2.21. The van der Waals surface area contributed by atoms with E-state index >= 15 is 0 Å². The molecule has 2 aromatic rings. The highest BCUT2D eigenvalue weighted by Crippen LogP contribution is 2.35. The Morgan fingerprint density at radius 1 is 1.22 bits per heavy atom. The van der Waals surface area contributed by atoms with Crippen molar-refractivity contribution in [2.45, 2.75) is 46.2 Å². The lowest BCUT2D eigenvalue weighted by Gasteiger charge is -2.09. The third-order valence-corrected chi connectivity index (χ3v) is 3.66. The highest BCUT2D eigenvalue weighted by molar-refractivity contribution is 9.10. The van der Waals surface area contributed by atoms with Crippen molar-refractivity contribution in [1.82, 2.24) is 5.32 Å². The number of benzene rings is 1. The molecule has 1 aromatic heterocycles. The third kappa shape index (κ3) is 2.62. The Kier molecular flexibility index (Phi) is 4.13. The molecule has 0 bridgehead atoms. The minimum absolute atomic E-state index is 0.460. The van der Waals surface area contributed by atoms with Crippen LogP contribution in [-0.4, -0.2) is 6.04 Å². The predicted molar refractivity (Wildman–Crippen MR) is 80.0 cm³/mol. The summed E-state index contributed by atoms with van der Waals surface area (Å²) in [5, 5.41) is 4.65. The number of para-hydroxylation sites is 1. The van der Waals surface area contributed by atoms with Crippen molar-refractivity contribution in [3.8, 4) is 0 Å². The standard InChI is InChI=1S/C15H20BrNO/c1-9(2)14-11-6-5-7-12(16)15(11)18-13(14)8-17-10(3)4/h5-7,9-10,17H,8H2,1-4H3. The van der Waals surface area contributed by atoms with Gasteiger partial charge >= 0.3 is 0 Å². The van der Waals surface area contributed by atoms with Gasteiger partial charge in [0.05, 0.1) is 11.0 Å². The Morgan fingerprint density at radius 3 is 2.56 bits per heavy atom. The first-order valence-corrected chi connectivity index (χ1v) is 7.23. The summed E-state index contributed by atoms with van der Waals surface area (Å²) < 4.78 is 7.06. The van der Waals surface area contributed by atoms with Gasteiger partial charge in [-0.3, -0.25) is 0 Å². The summed E-state index contributed by atoms with van der Waals surface area (Å²) in [4.78, 5) is 0. The van der Waals surface area contributed by atoms with E-state index in [0.717, 1.165) is 22.4 Å². The van der Waals surface area contributed by atoms with Crippen LogP contribution in [0.2, 0.25) is 0 Å². The van der Waals surface area contributed by atoms with Crippen LogP contribution in [0.1, 0.15) is 44.9 Å². The van der Waals surface area contributed by atoms with E-state index in [1.165, 1.54) is 10.9 Å². The monoisotopic (exact) mass is 309 g/mol. The maximum atomic E-state index is 6.03. The fraction of sp³-hybridized carbons (Fsp3) is 0.467. The predicted octanol–water partition coefficient (Wildman–Crippen LogP) is 4.82. The first-order chi connectivity index (χ1) is 8.50. The zero-order valence-corrected chi connectivity index (χ0v) is 13.0. The minimum atomic E-state index is 0.460. The van der Waals surface area contributed by atoms with E-state index in [1.807, 2.05) is 6.07 Å². The van der Waals surface area contributed by atoms with Crippen molar-refractivity contribution in [2.75, 3.05) is 0 Å². The summed E-state index contributed by atoms with van der Waals surface area (Å²) in [5.41, 5.74) is 2.28. The van der Waals surface area contributed by atoms with Crippen LogP contribution in [0.5, 0.6) is 0 Å². The molecule has 0 unspecified atom stereocenters. The van der Waals surface area contributed by atoms with Gasteiger partial charge < -0.3 is 9.73 Å². The Morgan fingerprint density at radius 2 is 1.94 bits per heavy atom. The number of halogens is 1. The van der Waals surface area contributed by atoms with Gasteiger partial charge in [-0.25, -0.2) is 0 Å². The molecule has 2 rings (SSSR count). The smallest absolute Gasteiger partial charge is 0.148 e. The molecule has 1 N–H and O–H groups in total. The molecule has 1 aromatic carbocycles. The van der Waals surface area contributed by atoms with E-state index in [0.29, 0.717) is 12.0 Å². The molecule has 0 atom stereocenters. The van der Waals surface area contributed by atoms with Crippen LogP contribution < -0.4 is 5.32 Å². The molecule has 0 radical (unpaired) electrons. The molecule has 0 saturated heterocycles. The lowest BCUT2D eigenvalue weighted by Crippen LogP contribution is -2.22. The highest BCUT2D eigenvalue weighted by atomic mass is 79.9. The summed E-state index contributed by atoms with van der Waals surface area (Å²) in [5.74, 6) is 1.52. The number of hydrogen-bond donors (Lipinski definition) is 1. The number of fused-ring (bicyclic) bond motifs is 1. The van der Waals surface area contributed by atoms with Gasteiger partial charge in [0.25, 0.3) is 0 Å². The van der Waals surface area contributed by atoms with E-state index in [-0.39, 0.29) is 0 Å². The van der Waals surface area contributed by atoms with Gasteiger partial charge in [0.2, 0.25) is 0 Å². The minimum Gasteiger partial charge on any atom is -0.458 e. The van der Waals surface area contributed by atoms with E-state index in [9.17, 15) is 0 Å². The molecule has 18 heavy (non-hydrogen) atoms. The van der Waals surface area contributed by atoms with Gasteiger partial charge in [-0.05, 0) is 27.9 Å². The van der Waals surface area contributed by atoms with Crippen molar-refractivity contribution in [2.24, 2.45) is 0 Å². The molecular weight excluding hydrogens is 290 g/mol. The van der Waals surface area contributed by atoms with Gasteiger partial charge in [-0.2, -0.15) is 0 Å². The van der Waals surface area contributed by atoms with Crippen molar-refractivity contribution < 1.29 is 4.42 Å². The summed E-state index contributed by atoms with van der Waals surface area (Å²) in [6, 6.07) is 6.68. The largest absolute Gasteiger partial charge is 0.458 e. The molecule has 98 valence electrons. The normalized spacial score (nSPS) is 11.9. The number of furan rings is 1. The van der Waals surface area contributed by atoms with E-state index in [2.05, 4.69) is 61.1 Å². The third-order valence-electron chi connectivity index (χ3n) is 3.03. The van der Waals surface area contributed by atoms with Crippen LogP contribution in [0, 0.1) is 0 Å². The molecule has 1 heterocycles. The highest BCUT2D eigenvalue weighted by Gasteiger charge is 2.18. The molecule has 0 saturated carbocycles. The fourth-order valence-corrected chi connectivity index (χ4v) is 2.66. The molecule has 0 fully saturated rings. The van der Waals surface area contributed by atoms with Crippen molar-refractivity contribution in [3.63, 3.8) is 0 Å². The Bertz CT molecular complexity index is 543. The van der Waals surface area contributed by atoms with Gasteiger partial charge in [-0.15, -0.1) is 0 Å². The molecule has 2 nitrogen and oxygen atoms in total. The van der Waals surface area contributed by atoms with Crippen LogP contribution in [0.25, 0.3) is 11.0 Å². The maximum Gasteiger partial charge on any atom is 0.148 e. The zero-order chi connectivity index (χ0) is 13.3. The van der Waals surface area contributed by atoms with E-state index < -0.39 is 0 Å². The van der Waals surface area contributed by atoms with E-state index in [1.54, 1.807) is 0 Å². The second-order valence-corrected chi connectivity index (χ2v) is 6.10. The van der Waals surface area contributed by atoms with Crippen LogP contribution in [-0.2, 0) is 6.54 Å². The molecule has 0 amide bonds. The van der Waals surface area contributed by atoms with Gasteiger partial charge in [0, 0.05) is 17.0 Å². The van der Waals surface area contributed by atoms with Crippen LogP contribution in [0.4, 0.5) is 0 Å². The topological polar surface area (TPSA) is 25.2 Å². The first-order valence-electron chi connectivity index (χ1n) is 6.44. The Balaban J connectivity index is 2.51. The van der Waals surface area contributed by atoms with Crippen LogP contribution in [0.15, 0.2) is 27.1 Å². The summed E-state index contributed by atoms with van der Waals surface area (Å²) >= 11 is 3.56. The van der Waals surface area contributed by atoms with Gasteiger partial charge in [0.15, 0.2) is 0 Å². The van der Waals surface area contributed by atoms with Crippen molar-refractivity contribution >= 4 is 26.9 Å². The Labute approximate surface area is 117 Å². The lowest BCUT2D eigenvalue weighted by atomic mass is 9.99. The van der Waals surface area contributed by atoms with Crippen LogP contribution in [0.3, 0.4) is 0 Å². The number of hydrogen-bond acceptors (Lipinski definition) is 2. The van der Waals surface area contributed by atoms with Crippen molar-refractivity contribution in [1.29, 1.82) is 0 Å². The Hall–Kier alpha value is -0.800. The summed E-state index contributed by atoms with van der Waals surface area (Å²) in [6.45, 7) is 9.50. The summed E-state index contributed by atoms with van der Waals surface area (Å²) in [6.07, 6.45) is 0. The van der Waals surface area contributed by atoms with E-state index in [4.69, 9.17) is 4.42 Å². The molecular formula is C15H20BrNO. The van der Waals surface area contributed by atoms with Crippen molar-refractivity contribution in [3.05, 3.63) is 34.0 Å². The lowest BCUT2D eigenvalue weighted by molar-refractivity contribution is 0.480. The number of nitrogens with one attached hydrogen (secondary N) is 1. The summed E-state index contributed by atoms with van der Waals surface area (Å²) in [7, 11) is 0. The molecule has 0 spiro atoms. The SMILES string of the molecule is CC(C)NCc1oc2c(Br)cccc2c1C(C)C. The number of rotatable bonds is 4. The zero-order valence-electron chi connectivity index (χ0n) is 11.4. The first kappa shape index (κ1) is 13.6. The van der Waals surface area contributed by atoms with Gasteiger partial charge in [0.1, 0.15) is 11.3 Å². The molecule has 3 heteroatoms. The quantitative estimate of drug-likeness (QED) is 0.876. The second-order valence-electron chi connectivity index (χ2n) is 5.25. The maximum absolute atomic E-state index is 6.03. The second kappa shape index (κ2) is 5.45. The van der Waals surface area contributed by atoms with Gasteiger partial charge in [-0.1, -0.05) is 39.8 Å². The molecule has 0 aliphatic rings.